The van der Waals surface area contributed by atoms with Gasteiger partial charge in [-0.3, -0.25) is 9.59 Å². The maximum Gasteiger partial charge on any atom is 0.317 e. The first kappa shape index (κ1) is 11.2. The first-order valence-corrected chi connectivity index (χ1v) is 5.91. The molecule has 0 aliphatic carbocycles. The number of rotatable bonds is 1. The summed E-state index contributed by atoms with van der Waals surface area (Å²) in [6.45, 7) is 3.93. The Morgan fingerprint density at radius 2 is 2.00 bits per heavy atom. The smallest absolute Gasteiger partial charge is 0.317 e. The zero-order valence-electron chi connectivity index (χ0n) is 9.11. The predicted octanol–water partition coefficient (Wildman–Crippen LogP) is 2.19. The van der Waals surface area contributed by atoms with E-state index in [4.69, 9.17) is 5.11 Å². The summed E-state index contributed by atoms with van der Waals surface area (Å²) in [6.07, 6.45) is 0.433. The number of carbonyl (C=O) groups excluding carboxylic acids is 1. The fourth-order valence-corrected chi connectivity index (χ4v) is 2.75. The van der Waals surface area contributed by atoms with Crippen molar-refractivity contribution in [2.24, 2.45) is 0 Å². The van der Waals surface area contributed by atoms with E-state index < -0.39 is 11.2 Å². The van der Waals surface area contributed by atoms with Gasteiger partial charge in [-0.05, 0) is 43.0 Å². The molecule has 0 saturated carbocycles. The summed E-state index contributed by atoms with van der Waals surface area (Å²) >= 11 is 0.913. The number of hydrogen-bond acceptors (Lipinski definition) is 3. The van der Waals surface area contributed by atoms with Crippen LogP contribution in [0.2, 0.25) is 0 Å². The maximum atomic E-state index is 11.8. The molecule has 0 spiro atoms. The lowest BCUT2D eigenvalue weighted by Crippen LogP contribution is -2.26. The fourth-order valence-electron chi connectivity index (χ4n) is 1.81. The third-order valence-electron chi connectivity index (χ3n) is 2.87. The van der Waals surface area contributed by atoms with E-state index in [2.05, 4.69) is 0 Å². The fraction of sp³-hybridized carbons (Fsp3) is 0.333. The highest BCUT2D eigenvalue weighted by Crippen LogP contribution is 2.31. The molecule has 3 nitrogen and oxygen atoms in total. The molecule has 1 aliphatic heterocycles. The molecule has 1 heterocycles. The van der Waals surface area contributed by atoms with Crippen molar-refractivity contribution in [3.8, 4) is 0 Å². The molecular weight excluding hydrogens is 224 g/mol. The number of aryl methyl sites for hydroxylation is 2. The summed E-state index contributed by atoms with van der Waals surface area (Å²) in [5, 5.41) is 8.17. The molecule has 1 aromatic carbocycles. The molecule has 1 aromatic rings. The average molecular weight is 236 g/mol. The minimum absolute atomic E-state index is 0.128. The van der Waals surface area contributed by atoms with Crippen molar-refractivity contribution in [1.29, 1.82) is 0 Å². The highest BCUT2D eigenvalue weighted by atomic mass is 32.2. The second kappa shape index (κ2) is 3.94. The Hall–Kier alpha value is -1.29. The Balaban J connectivity index is 2.46. The minimum Gasteiger partial charge on any atom is -0.480 e. The van der Waals surface area contributed by atoms with Gasteiger partial charge in [0, 0.05) is 5.56 Å². The summed E-state index contributed by atoms with van der Waals surface area (Å²) < 4.78 is 0. The third-order valence-corrected chi connectivity index (χ3v) is 3.96. The summed E-state index contributed by atoms with van der Waals surface area (Å²) in [4.78, 5) is 22.7. The van der Waals surface area contributed by atoms with Gasteiger partial charge in [0.1, 0.15) is 5.25 Å². The monoisotopic (exact) mass is 236 g/mol. The molecule has 0 bridgehead atoms. The van der Waals surface area contributed by atoms with Crippen LogP contribution in [0.4, 0.5) is 0 Å². The van der Waals surface area contributed by atoms with E-state index in [1.54, 1.807) is 0 Å². The first-order chi connectivity index (χ1) is 7.49. The lowest BCUT2D eigenvalue weighted by Gasteiger charge is -2.21. The van der Waals surface area contributed by atoms with Gasteiger partial charge < -0.3 is 5.11 Å². The standard InChI is InChI=1S/C12H12O3S/c1-6-3-8-5-10(11(13)14)16-12(15)9(8)4-7(6)2/h3-4,10H,5H2,1-2H3,(H,13,14). The van der Waals surface area contributed by atoms with Crippen LogP contribution in [0.15, 0.2) is 12.1 Å². The maximum absolute atomic E-state index is 11.8. The van der Waals surface area contributed by atoms with Crippen LogP contribution in [0.25, 0.3) is 0 Å². The Kier molecular flexibility index (Phi) is 2.76. The van der Waals surface area contributed by atoms with Gasteiger partial charge in [-0.1, -0.05) is 17.8 Å². The van der Waals surface area contributed by atoms with Crippen LogP contribution in [-0.2, 0) is 11.2 Å². The first-order valence-electron chi connectivity index (χ1n) is 5.03. The molecular formula is C12H12O3S. The molecule has 1 N–H and O–H groups in total. The molecule has 0 amide bonds. The largest absolute Gasteiger partial charge is 0.480 e. The summed E-state index contributed by atoms with van der Waals surface area (Å²) in [6, 6.07) is 3.79. The molecule has 1 atom stereocenters. The van der Waals surface area contributed by atoms with Gasteiger partial charge in [0.2, 0.25) is 5.12 Å². The average Bonchev–Trinajstić information content (AvgIpc) is 2.20. The van der Waals surface area contributed by atoms with Crippen LogP contribution in [0.5, 0.6) is 0 Å². The van der Waals surface area contributed by atoms with Crippen LogP contribution in [0.3, 0.4) is 0 Å². The van der Waals surface area contributed by atoms with E-state index in [-0.39, 0.29) is 5.12 Å². The van der Waals surface area contributed by atoms with Crippen molar-refractivity contribution < 1.29 is 14.7 Å². The Bertz CT molecular complexity index is 479. The second-order valence-electron chi connectivity index (χ2n) is 4.03. The van der Waals surface area contributed by atoms with E-state index in [0.717, 1.165) is 28.5 Å². The van der Waals surface area contributed by atoms with Crippen LogP contribution in [0.1, 0.15) is 27.0 Å². The highest BCUT2D eigenvalue weighted by Gasteiger charge is 2.30. The zero-order valence-corrected chi connectivity index (χ0v) is 9.93. The molecule has 84 valence electrons. The van der Waals surface area contributed by atoms with Crippen molar-refractivity contribution in [3.63, 3.8) is 0 Å². The highest BCUT2D eigenvalue weighted by molar-refractivity contribution is 8.15. The Morgan fingerprint density at radius 1 is 1.38 bits per heavy atom. The summed E-state index contributed by atoms with van der Waals surface area (Å²) in [7, 11) is 0. The topological polar surface area (TPSA) is 54.4 Å². The normalized spacial score (nSPS) is 19.4. The predicted molar refractivity (Wildman–Crippen MR) is 63.0 cm³/mol. The number of hydrogen-bond donors (Lipinski definition) is 1. The number of carboxylic acids is 1. The van der Waals surface area contributed by atoms with Crippen molar-refractivity contribution >= 4 is 22.8 Å². The van der Waals surface area contributed by atoms with Crippen molar-refractivity contribution in [1.82, 2.24) is 0 Å². The molecule has 0 aromatic heterocycles. The van der Waals surface area contributed by atoms with Crippen LogP contribution >= 0.6 is 11.8 Å². The van der Waals surface area contributed by atoms with Crippen molar-refractivity contribution in [2.45, 2.75) is 25.5 Å². The van der Waals surface area contributed by atoms with Gasteiger partial charge in [0.05, 0.1) is 0 Å². The number of benzene rings is 1. The van der Waals surface area contributed by atoms with Crippen LogP contribution in [-0.4, -0.2) is 21.4 Å². The molecule has 0 fully saturated rings. The van der Waals surface area contributed by atoms with Gasteiger partial charge in [-0.2, -0.15) is 0 Å². The van der Waals surface area contributed by atoms with Crippen molar-refractivity contribution in [2.75, 3.05) is 0 Å². The number of carboxylic acid groups (broad SMARTS) is 1. The Labute approximate surface area is 97.9 Å². The van der Waals surface area contributed by atoms with Crippen molar-refractivity contribution in [3.05, 3.63) is 34.4 Å². The van der Waals surface area contributed by atoms with Gasteiger partial charge >= 0.3 is 5.97 Å². The lowest BCUT2D eigenvalue weighted by molar-refractivity contribution is -0.136. The quantitative estimate of drug-likeness (QED) is 0.812. The molecule has 0 saturated heterocycles. The number of aliphatic carboxylic acids is 1. The SMILES string of the molecule is Cc1cc2c(cc1C)C(=O)SC(C(=O)O)C2. The molecule has 2 rings (SSSR count). The number of thioether (sulfide) groups is 1. The van der Waals surface area contributed by atoms with E-state index in [1.807, 2.05) is 26.0 Å². The lowest BCUT2D eigenvalue weighted by atomic mass is 9.97. The van der Waals surface area contributed by atoms with E-state index in [0.29, 0.717) is 12.0 Å². The molecule has 1 aliphatic rings. The molecule has 16 heavy (non-hydrogen) atoms. The van der Waals surface area contributed by atoms with Gasteiger partial charge in [0.15, 0.2) is 0 Å². The second-order valence-corrected chi connectivity index (χ2v) is 5.21. The van der Waals surface area contributed by atoms with Gasteiger partial charge in [-0.15, -0.1) is 0 Å². The van der Waals surface area contributed by atoms with Crippen LogP contribution in [0, 0.1) is 13.8 Å². The summed E-state index contributed by atoms with van der Waals surface area (Å²) in [5.41, 5.74) is 3.70. The third kappa shape index (κ3) is 1.85. The van der Waals surface area contributed by atoms with Gasteiger partial charge in [-0.25, -0.2) is 0 Å². The van der Waals surface area contributed by atoms with Gasteiger partial charge in [0.25, 0.3) is 0 Å². The molecule has 4 heteroatoms. The zero-order chi connectivity index (χ0) is 11.9. The number of fused-ring (bicyclic) bond motifs is 1. The van der Waals surface area contributed by atoms with Crippen LogP contribution < -0.4 is 0 Å². The molecule has 0 radical (unpaired) electrons. The molecule has 1 unspecified atom stereocenters. The minimum atomic E-state index is -0.915. The number of carbonyl (C=O) groups is 2. The summed E-state index contributed by atoms with van der Waals surface area (Å²) in [5.74, 6) is -0.915. The Morgan fingerprint density at radius 3 is 2.62 bits per heavy atom. The van der Waals surface area contributed by atoms with E-state index >= 15 is 0 Å². The van der Waals surface area contributed by atoms with E-state index in [9.17, 15) is 9.59 Å². The van der Waals surface area contributed by atoms with E-state index in [1.165, 1.54) is 0 Å².